The summed E-state index contributed by atoms with van der Waals surface area (Å²) in [7, 11) is 0. The Morgan fingerprint density at radius 1 is 1.25 bits per heavy atom. The second kappa shape index (κ2) is 7.71. The van der Waals surface area contributed by atoms with Crippen LogP contribution in [0.1, 0.15) is 21.5 Å². The molecule has 28 heavy (non-hydrogen) atoms. The fourth-order valence-corrected chi connectivity index (χ4v) is 3.05. The van der Waals surface area contributed by atoms with Crippen molar-refractivity contribution in [3.8, 4) is 5.88 Å². The molecule has 3 aromatic rings. The predicted octanol–water partition coefficient (Wildman–Crippen LogP) is 2.81. The lowest BCUT2D eigenvalue weighted by atomic mass is 10.00. The molecule has 0 radical (unpaired) electrons. The minimum atomic E-state index is -1.06. The topological polar surface area (TPSA) is 133 Å². The first-order chi connectivity index (χ1) is 13.1. The number of aromatic nitrogens is 1. The van der Waals surface area contributed by atoms with Crippen LogP contribution in [0.3, 0.4) is 0 Å². The molecule has 8 nitrogen and oxygen atoms in total. The smallest absolute Gasteiger partial charge is 0.335 e. The number of nitrogens with zero attached hydrogens (tertiary/aromatic N) is 2. The molecule has 0 fully saturated rings. The number of rotatable bonds is 5. The van der Waals surface area contributed by atoms with E-state index in [0.29, 0.717) is 40.1 Å². The highest BCUT2D eigenvalue weighted by atomic mass is 35.5. The van der Waals surface area contributed by atoms with E-state index in [4.69, 9.17) is 10.6 Å². The van der Waals surface area contributed by atoms with E-state index in [2.05, 4.69) is 15.1 Å². The highest BCUT2D eigenvalue weighted by Gasteiger charge is 2.29. The zero-order chi connectivity index (χ0) is 19.0. The number of hydrogen-bond acceptors (Lipinski definition) is 6. The Bertz CT molecular complexity index is 1120. The van der Waals surface area contributed by atoms with E-state index in [1.807, 2.05) is 24.3 Å². The van der Waals surface area contributed by atoms with Crippen molar-refractivity contribution in [3.63, 3.8) is 0 Å². The summed E-state index contributed by atoms with van der Waals surface area (Å²) in [5, 5.41) is 24.5. The maximum atomic E-state index is 11.3. The Morgan fingerprint density at radius 2 is 2.04 bits per heavy atom. The first kappa shape index (κ1) is 19.4. The van der Waals surface area contributed by atoms with Crippen molar-refractivity contribution in [2.24, 2.45) is 15.9 Å². The molecule has 0 saturated carbocycles. The molecule has 0 unspecified atom stereocenters. The first-order valence-corrected chi connectivity index (χ1v) is 8.27. The second-order valence-corrected chi connectivity index (χ2v) is 5.95. The number of carboxylic acids is 1. The molecule has 0 saturated heterocycles. The molecule has 4 rings (SSSR count). The van der Waals surface area contributed by atoms with Crippen molar-refractivity contribution < 1.29 is 19.8 Å². The third-order valence-corrected chi connectivity index (χ3v) is 4.24. The third-order valence-electron chi connectivity index (χ3n) is 4.24. The van der Waals surface area contributed by atoms with Gasteiger partial charge in [-0.15, -0.1) is 12.4 Å². The lowest BCUT2D eigenvalue weighted by Crippen LogP contribution is -2.15. The summed E-state index contributed by atoms with van der Waals surface area (Å²) in [4.78, 5) is 24.0. The molecule has 1 aliphatic heterocycles. The van der Waals surface area contributed by atoms with Gasteiger partial charge in [-0.05, 0) is 24.3 Å². The monoisotopic (exact) mass is 400 g/mol. The van der Waals surface area contributed by atoms with Crippen LogP contribution >= 0.6 is 12.4 Å². The SMILES string of the molecule is Cl.NCCON=C1C(c2c(O)[nH]c3ccc(C(=O)O)cc23)=Nc2ccccc21. The van der Waals surface area contributed by atoms with Crippen molar-refractivity contribution in [1.29, 1.82) is 0 Å². The number of hydrogen-bond donors (Lipinski definition) is 4. The predicted molar refractivity (Wildman–Crippen MR) is 108 cm³/mol. The summed E-state index contributed by atoms with van der Waals surface area (Å²) in [5.41, 5.74) is 8.83. The highest BCUT2D eigenvalue weighted by Crippen LogP contribution is 2.36. The Hall–Kier alpha value is -3.36. The van der Waals surface area contributed by atoms with Gasteiger partial charge >= 0.3 is 5.97 Å². The van der Waals surface area contributed by atoms with Gasteiger partial charge in [0.05, 0.1) is 16.8 Å². The zero-order valence-electron chi connectivity index (χ0n) is 14.5. The van der Waals surface area contributed by atoms with E-state index < -0.39 is 5.97 Å². The summed E-state index contributed by atoms with van der Waals surface area (Å²) in [5.74, 6) is -1.18. The second-order valence-electron chi connectivity index (χ2n) is 5.95. The fourth-order valence-electron chi connectivity index (χ4n) is 3.05. The van der Waals surface area contributed by atoms with Gasteiger partial charge in [-0.2, -0.15) is 0 Å². The van der Waals surface area contributed by atoms with E-state index in [1.165, 1.54) is 12.1 Å². The van der Waals surface area contributed by atoms with Gasteiger partial charge in [-0.3, -0.25) is 0 Å². The molecule has 2 heterocycles. The number of benzene rings is 2. The molecule has 1 aromatic heterocycles. The number of aliphatic imine (C=N–C) groups is 1. The number of nitrogens with two attached hydrogens (primary N) is 1. The number of fused-ring (bicyclic) bond motifs is 2. The molecular weight excluding hydrogens is 384 g/mol. The van der Waals surface area contributed by atoms with Gasteiger partial charge in [0.25, 0.3) is 0 Å². The van der Waals surface area contributed by atoms with Crippen LogP contribution in [0.5, 0.6) is 5.88 Å². The molecule has 1 aliphatic rings. The van der Waals surface area contributed by atoms with E-state index in [-0.39, 0.29) is 30.5 Å². The van der Waals surface area contributed by atoms with Crippen LogP contribution in [0.4, 0.5) is 5.69 Å². The Morgan fingerprint density at radius 3 is 2.79 bits per heavy atom. The summed E-state index contributed by atoms with van der Waals surface area (Å²) >= 11 is 0. The number of para-hydroxylation sites is 1. The van der Waals surface area contributed by atoms with E-state index in [9.17, 15) is 15.0 Å². The largest absolute Gasteiger partial charge is 0.494 e. The number of halogens is 1. The quantitative estimate of drug-likeness (QED) is 0.386. The zero-order valence-corrected chi connectivity index (χ0v) is 15.4. The van der Waals surface area contributed by atoms with Crippen LogP contribution < -0.4 is 5.73 Å². The normalized spacial score (nSPS) is 13.9. The fraction of sp³-hybridized carbons (Fsp3) is 0.105. The van der Waals surface area contributed by atoms with E-state index in [1.54, 1.807) is 6.07 Å². The van der Waals surface area contributed by atoms with Crippen molar-refractivity contribution in [2.75, 3.05) is 13.2 Å². The van der Waals surface area contributed by atoms with Gasteiger partial charge in [0, 0.05) is 23.0 Å². The maximum Gasteiger partial charge on any atom is 0.335 e. The van der Waals surface area contributed by atoms with Crippen LogP contribution in [0, 0.1) is 0 Å². The number of aromatic carboxylic acids is 1. The molecular formula is C19H17ClN4O4. The van der Waals surface area contributed by atoms with Crippen LogP contribution in [0.2, 0.25) is 0 Å². The first-order valence-electron chi connectivity index (χ1n) is 8.27. The minimum absolute atomic E-state index is 0. The van der Waals surface area contributed by atoms with Crippen LogP contribution in [0.15, 0.2) is 52.6 Å². The van der Waals surface area contributed by atoms with Crippen molar-refractivity contribution in [2.45, 2.75) is 0 Å². The number of carbonyl (C=O) groups is 1. The van der Waals surface area contributed by atoms with Gasteiger partial charge in [0.15, 0.2) is 5.88 Å². The van der Waals surface area contributed by atoms with Crippen molar-refractivity contribution in [3.05, 3.63) is 59.2 Å². The summed E-state index contributed by atoms with van der Waals surface area (Å²) in [6.45, 7) is 0.549. The lowest BCUT2D eigenvalue weighted by molar-refractivity contribution is 0.0697. The number of nitrogens with one attached hydrogen (secondary N) is 1. The number of aromatic amines is 1. The number of oxime groups is 1. The molecule has 5 N–H and O–H groups in total. The number of aromatic hydroxyl groups is 1. The molecule has 0 bridgehead atoms. The van der Waals surface area contributed by atoms with Gasteiger partial charge in [0.2, 0.25) is 0 Å². The molecule has 0 aliphatic carbocycles. The third kappa shape index (κ3) is 3.19. The average molecular weight is 401 g/mol. The average Bonchev–Trinajstić information content (AvgIpc) is 3.17. The lowest BCUT2D eigenvalue weighted by Gasteiger charge is -2.05. The Balaban J connectivity index is 0.00000225. The van der Waals surface area contributed by atoms with Crippen molar-refractivity contribution in [1.82, 2.24) is 4.98 Å². The molecule has 9 heteroatoms. The molecule has 144 valence electrons. The van der Waals surface area contributed by atoms with Gasteiger partial charge in [0.1, 0.15) is 18.0 Å². The molecule has 0 atom stereocenters. The van der Waals surface area contributed by atoms with E-state index in [0.717, 1.165) is 5.56 Å². The minimum Gasteiger partial charge on any atom is -0.494 e. The van der Waals surface area contributed by atoms with Crippen LogP contribution in [-0.4, -0.2) is 45.7 Å². The maximum absolute atomic E-state index is 11.3. The summed E-state index contributed by atoms with van der Waals surface area (Å²) in [6.07, 6.45) is 0. The van der Waals surface area contributed by atoms with Gasteiger partial charge in [-0.25, -0.2) is 9.79 Å². The number of H-pyrrole nitrogens is 1. The van der Waals surface area contributed by atoms with Gasteiger partial charge in [-0.1, -0.05) is 23.4 Å². The van der Waals surface area contributed by atoms with Gasteiger partial charge < -0.3 is 25.8 Å². The van der Waals surface area contributed by atoms with E-state index >= 15 is 0 Å². The number of carboxylic acid groups (broad SMARTS) is 1. The Labute approximate surface area is 165 Å². The molecule has 0 spiro atoms. The standard InChI is InChI=1S/C19H16N4O4.ClH/c20-7-8-27-23-16-11-3-1-2-4-13(11)21-17(16)15-12-9-10(19(25)26)5-6-14(12)22-18(15)24;/h1-6,9,22,24H,7-8,20H2,(H,25,26);1H. The summed E-state index contributed by atoms with van der Waals surface area (Å²) in [6, 6.07) is 11.9. The van der Waals surface area contributed by atoms with Crippen molar-refractivity contribution >= 4 is 46.4 Å². The molecule has 2 aromatic carbocycles. The molecule has 0 amide bonds. The summed E-state index contributed by atoms with van der Waals surface area (Å²) < 4.78 is 0. The van der Waals surface area contributed by atoms with Crippen LogP contribution in [0.25, 0.3) is 10.9 Å². The highest BCUT2D eigenvalue weighted by molar-refractivity contribution is 6.58. The Kier molecular flexibility index (Phi) is 5.34. The van der Waals surface area contributed by atoms with Crippen LogP contribution in [-0.2, 0) is 4.84 Å².